The SMILES string of the molecule is O=S(=O)([O-])C(F)(F)F.OB(O)O.[Li+]. The van der Waals surface area contributed by atoms with E-state index in [-0.39, 0.29) is 18.9 Å². The Kier molecular flexibility index (Phi) is 9.69. The molecule has 0 saturated heterocycles. The second kappa shape index (κ2) is 6.66. The molecule has 0 amide bonds. The van der Waals surface area contributed by atoms with E-state index in [9.17, 15) is 13.2 Å². The van der Waals surface area contributed by atoms with Crippen molar-refractivity contribution in [3.8, 4) is 0 Å². The van der Waals surface area contributed by atoms with Gasteiger partial charge < -0.3 is 19.6 Å². The monoisotopic (exact) mass is 218 g/mol. The van der Waals surface area contributed by atoms with Crippen molar-refractivity contribution in [3.05, 3.63) is 0 Å². The van der Waals surface area contributed by atoms with Crippen LogP contribution in [0.3, 0.4) is 0 Å². The summed E-state index contributed by atoms with van der Waals surface area (Å²) in [6.07, 6.45) is 0. The first-order valence-corrected chi connectivity index (χ1v) is 3.45. The zero-order chi connectivity index (χ0) is 10.6. The molecule has 0 rings (SSSR count). The predicted molar refractivity (Wildman–Crippen MR) is 28.2 cm³/mol. The molecule has 0 bridgehead atoms. The Bertz CT molecular complexity index is 208. The molecule has 12 heteroatoms. The van der Waals surface area contributed by atoms with Gasteiger partial charge in [0.2, 0.25) is 0 Å². The van der Waals surface area contributed by atoms with E-state index in [1.165, 1.54) is 0 Å². The Balaban J connectivity index is -0.000000173. The van der Waals surface area contributed by atoms with Crippen LogP contribution < -0.4 is 18.9 Å². The maximum atomic E-state index is 10.7. The Labute approximate surface area is 83.5 Å². The van der Waals surface area contributed by atoms with Crippen molar-refractivity contribution in [2.24, 2.45) is 0 Å². The van der Waals surface area contributed by atoms with Gasteiger partial charge in [0.15, 0.2) is 10.1 Å². The van der Waals surface area contributed by atoms with Gasteiger partial charge in [-0.05, 0) is 0 Å². The quantitative estimate of drug-likeness (QED) is 0.213. The third kappa shape index (κ3) is 15.0. The average molecular weight is 218 g/mol. The maximum absolute atomic E-state index is 10.7. The minimum absolute atomic E-state index is 0. The average Bonchev–Trinajstić information content (AvgIpc) is 1.55. The van der Waals surface area contributed by atoms with E-state index < -0.39 is 22.9 Å². The van der Waals surface area contributed by atoms with E-state index in [1.807, 2.05) is 0 Å². The van der Waals surface area contributed by atoms with Crippen LogP contribution in [0.4, 0.5) is 13.2 Å². The molecule has 0 aromatic heterocycles. The zero-order valence-corrected chi connectivity index (χ0v) is 7.00. The first-order valence-electron chi connectivity index (χ1n) is 2.05. The fourth-order valence-electron chi connectivity index (χ4n) is 0. The van der Waals surface area contributed by atoms with Gasteiger partial charge in [-0.15, -0.1) is 0 Å². The fraction of sp³-hybridized carbons (Fsp3) is 1.00. The van der Waals surface area contributed by atoms with Gasteiger partial charge in [-0.1, -0.05) is 0 Å². The number of hydrogen-bond acceptors (Lipinski definition) is 6. The van der Waals surface area contributed by atoms with Crippen molar-refractivity contribution in [2.45, 2.75) is 5.51 Å². The summed E-state index contributed by atoms with van der Waals surface area (Å²) in [7, 11) is -8.26. The normalized spacial score (nSPS) is 10.7. The summed E-state index contributed by atoms with van der Waals surface area (Å²) in [5.41, 5.74) is -5.65. The topological polar surface area (TPSA) is 118 Å². The van der Waals surface area contributed by atoms with Crippen molar-refractivity contribution in [1.82, 2.24) is 0 Å². The summed E-state index contributed by atoms with van der Waals surface area (Å²) in [6.45, 7) is 0. The van der Waals surface area contributed by atoms with Crippen molar-refractivity contribution in [3.63, 3.8) is 0 Å². The first kappa shape index (κ1) is 18.9. The van der Waals surface area contributed by atoms with Gasteiger partial charge in [0.1, 0.15) is 0 Å². The third-order valence-corrected chi connectivity index (χ3v) is 0.850. The first-order chi connectivity index (χ1) is 4.98. The van der Waals surface area contributed by atoms with Gasteiger partial charge in [0.25, 0.3) is 0 Å². The molecule has 0 aliphatic carbocycles. The van der Waals surface area contributed by atoms with Crippen LogP contribution in [0.2, 0.25) is 0 Å². The summed E-state index contributed by atoms with van der Waals surface area (Å²) < 4.78 is 58.9. The van der Waals surface area contributed by atoms with E-state index in [0.717, 1.165) is 0 Å². The smallest absolute Gasteiger partial charge is 0.741 e. The van der Waals surface area contributed by atoms with Crippen molar-refractivity contribution in [2.75, 3.05) is 0 Å². The van der Waals surface area contributed by atoms with Gasteiger partial charge in [0.05, 0.1) is 0 Å². The summed E-state index contributed by atoms with van der Waals surface area (Å²) in [5.74, 6) is 0. The van der Waals surface area contributed by atoms with Gasteiger partial charge in [-0.2, -0.15) is 13.2 Å². The minimum Gasteiger partial charge on any atom is -0.741 e. The minimum atomic E-state index is -6.09. The van der Waals surface area contributed by atoms with E-state index in [4.69, 9.17) is 28.0 Å². The molecule has 0 atom stereocenters. The largest absolute Gasteiger partial charge is 1.00 e. The van der Waals surface area contributed by atoms with Crippen LogP contribution in [0.5, 0.6) is 0 Å². The molecule has 0 radical (unpaired) electrons. The van der Waals surface area contributed by atoms with E-state index >= 15 is 0 Å². The summed E-state index contributed by atoms with van der Waals surface area (Å²) >= 11 is 0. The number of halogens is 3. The Morgan fingerprint density at radius 2 is 1.23 bits per heavy atom. The summed E-state index contributed by atoms with van der Waals surface area (Å²) in [5, 5.41) is 21.5. The predicted octanol–water partition coefficient (Wildman–Crippen LogP) is -5.00. The van der Waals surface area contributed by atoms with Crippen molar-refractivity contribution in [1.29, 1.82) is 0 Å². The Morgan fingerprint density at radius 1 is 1.15 bits per heavy atom. The van der Waals surface area contributed by atoms with E-state index in [0.29, 0.717) is 0 Å². The van der Waals surface area contributed by atoms with Crippen LogP contribution in [0.25, 0.3) is 0 Å². The van der Waals surface area contributed by atoms with Gasteiger partial charge in [-0.25, -0.2) is 8.42 Å². The molecular formula is CH3BF3LiO6S. The number of alkyl halides is 3. The molecule has 0 unspecified atom stereocenters. The summed E-state index contributed by atoms with van der Waals surface area (Å²) in [6, 6.07) is 0. The second-order valence-electron chi connectivity index (χ2n) is 1.25. The van der Waals surface area contributed by atoms with Crippen LogP contribution in [-0.2, 0) is 10.1 Å². The second-order valence-corrected chi connectivity index (χ2v) is 2.62. The van der Waals surface area contributed by atoms with Gasteiger partial charge in [-0.3, -0.25) is 0 Å². The fourth-order valence-corrected chi connectivity index (χ4v) is 0. The van der Waals surface area contributed by atoms with Gasteiger partial charge >= 0.3 is 31.7 Å². The molecular weight excluding hydrogens is 215 g/mol. The number of hydrogen-bond donors (Lipinski definition) is 3. The molecule has 0 aromatic rings. The molecule has 0 heterocycles. The number of rotatable bonds is 0. The van der Waals surface area contributed by atoms with E-state index in [1.54, 1.807) is 0 Å². The molecule has 3 N–H and O–H groups in total. The molecule has 74 valence electrons. The summed E-state index contributed by atoms with van der Waals surface area (Å²) in [4.78, 5) is 0. The van der Waals surface area contributed by atoms with Crippen LogP contribution in [0.1, 0.15) is 0 Å². The standard InChI is InChI=1S/CHF3O3S.BH3O3.Li/c2-1(3,4)8(5,6)7;2-1(3)4;/h(H,5,6,7);2-4H;/q;;+1/p-1. The molecule has 0 spiro atoms. The van der Waals surface area contributed by atoms with Gasteiger partial charge in [0, 0.05) is 0 Å². The third-order valence-electron chi connectivity index (χ3n) is 0.283. The molecule has 0 aliphatic heterocycles. The zero-order valence-electron chi connectivity index (χ0n) is 6.19. The van der Waals surface area contributed by atoms with Crippen LogP contribution >= 0.6 is 0 Å². The van der Waals surface area contributed by atoms with E-state index in [2.05, 4.69) is 0 Å². The molecule has 0 saturated carbocycles. The Hall–Kier alpha value is 0.242. The molecule has 0 aromatic carbocycles. The molecule has 0 fully saturated rings. The van der Waals surface area contributed by atoms with Crippen LogP contribution in [0, 0.1) is 0 Å². The Morgan fingerprint density at radius 3 is 1.23 bits per heavy atom. The van der Waals surface area contributed by atoms with Crippen LogP contribution in [-0.4, -0.2) is 40.9 Å². The van der Waals surface area contributed by atoms with Crippen LogP contribution in [0.15, 0.2) is 0 Å². The molecule has 6 nitrogen and oxygen atoms in total. The van der Waals surface area contributed by atoms with Crippen molar-refractivity contribution >= 4 is 17.4 Å². The molecule has 13 heavy (non-hydrogen) atoms. The molecule has 0 aliphatic rings. The van der Waals surface area contributed by atoms with Crippen molar-refractivity contribution < 1.29 is 60.1 Å². The maximum Gasteiger partial charge on any atom is 1.00 e.